The molecule has 4 rings (SSSR count). The van der Waals surface area contributed by atoms with Crippen molar-refractivity contribution in [1.82, 2.24) is 9.62 Å². The molecule has 1 fully saturated rings. The van der Waals surface area contributed by atoms with Crippen molar-refractivity contribution in [2.24, 2.45) is 5.92 Å². The van der Waals surface area contributed by atoms with Gasteiger partial charge < -0.3 is 14.8 Å². The molecule has 0 atom stereocenters. The SMILES string of the molecule is O=C(NCCc1cc(Cl)c2c(c1)OCCO2)C1CCN(S(=O)(=O)c2ccccc2F)CC1. The zero-order valence-corrected chi connectivity index (χ0v) is 18.9. The normalized spacial score (nSPS) is 17.2. The fourth-order valence-electron chi connectivity index (χ4n) is 3.93. The highest BCUT2D eigenvalue weighted by Crippen LogP contribution is 2.38. The van der Waals surface area contributed by atoms with Gasteiger partial charge in [-0.15, -0.1) is 0 Å². The number of carbonyl (C=O) groups is 1. The Balaban J connectivity index is 1.28. The number of nitrogens with one attached hydrogen (secondary N) is 1. The minimum Gasteiger partial charge on any atom is -0.486 e. The first-order valence-corrected chi connectivity index (χ1v) is 12.3. The lowest BCUT2D eigenvalue weighted by Crippen LogP contribution is -2.43. The lowest BCUT2D eigenvalue weighted by atomic mass is 9.97. The van der Waals surface area contributed by atoms with Crippen LogP contribution in [0.1, 0.15) is 18.4 Å². The molecule has 32 heavy (non-hydrogen) atoms. The number of sulfonamides is 1. The van der Waals surface area contributed by atoms with Gasteiger partial charge in [0.15, 0.2) is 11.5 Å². The summed E-state index contributed by atoms with van der Waals surface area (Å²) in [6.45, 7) is 1.69. The third-order valence-electron chi connectivity index (χ3n) is 5.65. The first kappa shape index (κ1) is 22.8. The van der Waals surface area contributed by atoms with Gasteiger partial charge in [0, 0.05) is 25.6 Å². The van der Waals surface area contributed by atoms with Crippen molar-refractivity contribution in [1.29, 1.82) is 0 Å². The standard InChI is InChI=1S/C22H24ClFN2O5S/c23-17-13-15(14-19-21(17)31-12-11-30-19)5-8-25-22(27)16-6-9-26(10-7-16)32(28,29)20-4-2-1-3-18(20)24/h1-4,13-14,16H,5-12H2,(H,25,27). The van der Waals surface area contributed by atoms with E-state index in [0.29, 0.717) is 55.5 Å². The number of hydrogen-bond acceptors (Lipinski definition) is 5. The molecule has 2 heterocycles. The smallest absolute Gasteiger partial charge is 0.245 e. The lowest BCUT2D eigenvalue weighted by Gasteiger charge is -2.30. The summed E-state index contributed by atoms with van der Waals surface area (Å²) >= 11 is 6.25. The molecule has 10 heteroatoms. The van der Waals surface area contributed by atoms with E-state index in [4.69, 9.17) is 21.1 Å². The minimum absolute atomic E-state index is 0.114. The predicted molar refractivity (Wildman–Crippen MR) is 117 cm³/mol. The Morgan fingerprint density at radius 2 is 1.88 bits per heavy atom. The Hall–Kier alpha value is -2.36. The van der Waals surface area contributed by atoms with Crippen LogP contribution >= 0.6 is 11.6 Å². The van der Waals surface area contributed by atoms with E-state index in [-0.39, 0.29) is 29.8 Å². The molecule has 2 aromatic rings. The Kier molecular flexibility index (Phi) is 6.88. The van der Waals surface area contributed by atoms with Crippen LogP contribution in [0.25, 0.3) is 0 Å². The Morgan fingerprint density at radius 3 is 2.62 bits per heavy atom. The molecule has 1 amide bonds. The average molecular weight is 483 g/mol. The Morgan fingerprint density at radius 1 is 1.16 bits per heavy atom. The molecule has 1 saturated heterocycles. The first-order chi connectivity index (χ1) is 15.4. The summed E-state index contributed by atoms with van der Waals surface area (Å²) in [6.07, 6.45) is 1.34. The molecule has 172 valence electrons. The van der Waals surface area contributed by atoms with Crippen molar-refractivity contribution in [3.8, 4) is 11.5 Å². The minimum atomic E-state index is -3.91. The van der Waals surface area contributed by atoms with Crippen LogP contribution in [0.2, 0.25) is 5.02 Å². The molecule has 0 spiro atoms. The molecular formula is C22H24ClFN2O5S. The van der Waals surface area contributed by atoms with Crippen molar-refractivity contribution >= 4 is 27.5 Å². The van der Waals surface area contributed by atoms with Gasteiger partial charge in [-0.2, -0.15) is 4.31 Å². The molecule has 0 unspecified atom stereocenters. The summed E-state index contributed by atoms with van der Waals surface area (Å²) in [6, 6.07) is 8.98. The highest BCUT2D eigenvalue weighted by Gasteiger charge is 2.33. The van der Waals surface area contributed by atoms with E-state index < -0.39 is 15.8 Å². The van der Waals surface area contributed by atoms with Gasteiger partial charge in [-0.1, -0.05) is 23.7 Å². The zero-order valence-electron chi connectivity index (χ0n) is 17.4. The summed E-state index contributed by atoms with van der Waals surface area (Å²) in [4.78, 5) is 12.2. The van der Waals surface area contributed by atoms with Crippen LogP contribution < -0.4 is 14.8 Å². The summed E-state index contributed by atoms with van der Waals surface area (Å²) < 4.78 is 51.7. The zero-order chi connectivity index (χ0) is 22.7. The molecule has 0 radical (unpaired) electrons. The summed E-state index contributed by atoms with van der Waals surface area (Å²) in [5, 5.41) is 3.39. The van der Waals surface area contributed by atoms with Crippen LogP contribution in [0, 0.1) is 11.7 Å². The van der Waals surface area contributed by atoms with Crippen LogP contribution in [-0.4, -0.2) is 51.5 Å². The van der Waals surface area contributed by atoms with Crippen LogP contribution in [0.4, 0.5) is 4.39 Å². The van der Waals surface area contributed by atoms with E-state index in [9.17, 15) is 17.6 Å². The van der Waals surface area contributed by atoms with Crippen molar-refractivity contribution in [3.63, 3.8) is 0 Å². The second-order valence-corrected chi connectivity index (χ2v) is 10.1. The van der Waals surface area contributed by atoms with E-state index in [1.807, 2.05) is 6.07 Å². The summed E-state index contributed by atoms with van der Waals surface area (Å²) in [5.41, 5.74) is 0.922. The van der Waals surface area contributed by atoms with Gasteiger partial charge in [0.2, 0.25) is 15.9 Å². The number of halogens is 2. The number of carbonyl (C=O) groups excluding carboxylic acids is 1. The molecule has 0 aromatic heterocycles. The van der Waals surface area contributed by atoms with Crippen LogP contribution in [0.5, 0.6) is 11.5 Å². The molecule has 0 saturated carbocycles. The highest BCUT2D eigenvalue weighted by molar-refractivity contribution is 7.89. The largest absolute Gasteiger partial charge is 0.486 e. The Labute approximate surface area is 191 Å². The van der Waals surface area contributed by atoms with E-state index in [0.717, 1.165) is 11.6 Å². The molecule has 0 bridgehead atoms. The maximum absolute atomic E-state index is 13.9. The van der Waals surface area contributed by atoms with Gasteiger partial charge in [-0.25, -0.2) is 12.8 Å². The molecule has 1 N–H and O–H groups in total. The van der Waals surface area contributed by atoms with Crippen LogP contribution in [0.3, 0.4) is 0 Å². The number of rotatable bonds is 6. The highest BCUT2D eigenvalue weighted by atomic mass is 35.5. The number of piperidine rings is 1. The summed E-state index contributed by atoms with van der Waals surface area (Å²) in [7, 11) is -3.91. The van der Waals surface area contributed by atoms with Gasteiger partial charge in [0.25, 0.3) is 0 Å². The number of fused-ring (bicyclic) bond motifs is 1. The molecule has 7 nitrogen and oxygen atoms in total. The fourth-order valence-corrected chi connectivity index (χ4v) is 5.76. The maximum atomic E-state index is 13.9. The maximum Gasteiger partial charge on any atom is 0.245 e. The fraction of sp³-hybridized carbons (Fsp3) is 0.409. The van der Waals surface area contributed by atoms with Crippen molar-refractivity contribution in [2.75, 3.05) is 32.8 Å². The van der Waals surface area contributed by atoms with E-state index >= 15 is 0 Å². The molecule has 2 aliphatic heterocycles. The van der Waals surface area contributed by atoms with E-state index in [2.05, 4.69) is 5.32 Å². The van der Waals surface area contributed by atoms with Gasteiger partial charge in [0.1, 0.15) is 23.9 Å². The van der Waals surface area contributed by atoms with Gasteiger partial charge in [0.05, 0.1) is 5.02 Å². The Bertz CT molecular complexity index is 1100. The van der Waals surface area contributed by atoms with Crippen LogP contribution in [-0.2, 0) is 21.2 Å². The third-order valence-corrected chi connectivity index (χ3v) is 7.86. The lowest BCUT2D eigenvalue weighted by molar-refractivity contribution is -0.126. The van der Waals surface area contributed by atoms with Gasteiger partial charge in [-0.05, 0) is 49.1 Å². The van der Waals surface area contributed by atoms with E-state index in [1.165, 1.54) is 22.5 Å². The quantitative estimate of drug-likeness (QED) is 0.684. The monoisotopic (exact) mass is 482 g/mol. The number of hydrogen-bond donors (Lipinski definition) is 1. The second kappa shape index (κ2) is 9.64. The second-order valence-electron chi connectivity index (χ2n) is 7.75. The molecule has 2 aliphatic rings. The van der Waals surface area contributed by atoms with Crippen LogP contribution in [0.15, 0.2) is 41.3 Å². The topological polar surface area (TPSA) is 84.9 Å². The predicted octanol–water partition coefficient (Wildman–Crippen LogP) is 3.01. The van der Waals surface area contributed by atoms with Crippen molar-refractivity contribution in [3.05, 3.63) is 52.8 Å². The van der Waals surface area contributed by atoms with Gasteiger partial charge >= 0.3 is 0 Å². The number of benzene rings is 2. The number of nitrogens with zero attached hydrogens (tertiary/aromatic N) is 1. The molecular weight excluding hydrogens is 459 g/mol. The van der Waals surface area contributed by atoms with Crippen molar-refractivity contribution in [2.45, 2.75) is 24.2 Å². The van der Waals surface area contributed by atoms with Gasteiger partial charge in [-0.3, -0.25) is 4.79 Å². The average Bonchev–Trinajstić information content (AvgIpc) is 2.79. The number of ether oxygens (including phenoxy) is 2. The number of amides is 1. The molecule has 2 aromatic carbocycles. The third kappa shape index (κ3) is 4.84. The summed E-state index contributed by atoms with van der Waals surface area (Å²) in [5.74, 6) is -0.0228. The molecule has 0 aliphatic carbocycles. The van der Waals surface area contributed by atoms with Crippen molar-refractivity contribution < 1.29 is 27.1 Å². The first-order valence-electron chi connectivity index (χ1n) is 10.5. The van der Waals surface area contributed by atoms with E-state index in [1.54, 1.807) is 6.07 Å².